The number of aromatic nitrogens is 2. The van der Waals surface area contributed by atoms with E-state index in [0.29, 0.717) is 21.1 Å². The third-order valence-electron chi connectivity index (χ3n) is 2.81. The number of carbonyl (C=O) groups excluding carboxylic acids is 1. The summed E-state index contributed by atoms with van der Waals surface area (Å²) in [4.78, 5) is 20.9. The van der Waals surface area contributed by atoms with Crippen LogP contribution in [-0.4, -0.2) is 22.9 Å². The Kier molecular flexibility index (Phi) is 3.11. The predicted molar refractivity (Wildman–Crippen MR) is 78.1 cm³/mol. The van der Waals surface area contributed by atoms with E-state index < -0.39 is 0 Å². The van der Waals surface area contributed by atoms with Gasteiger partial charge in [-0.2, -0.15) is 0 Å². The van der Waals surface area contributed by atoms with Crippen molar-refractivity contribution >= 4 is 44.7 Å². The normalized spacial score (nSPS) is 14.4. The maximum absolute atomic E-state index is 12.1. The lowest BCUT2D eigenvalue weighted by Gasteiger charge is -1.98. The molecule has 3 rings (SSSR count). The van der Waals surface area contributed by atoms with Crippen LogP contribution in [0.2, 0.25) is 0 Å². The fraction of sp³-hybridized carbons (Fsp3) is 0.364. The van der Waals surface area contributed by atoms with Gasteiger partial charge < -0.3 is 11.1 Å². The van der Waals surface area contributed by atoms with Crippen molar-refractivity contribution < 1.29 is 4.79 Å². The first-order chi connectivity index (χ1) is 9.17. The van der Waals surface area contributed by atoms with E-state index >= 15 is 0 Å². The summed E-state index contributed by atoms with van der Waals surface area (Å²) < 4.78 is 0. The van der Waals surface area contributed by atoms with Gasteiger partial charge in [-0.3, -0.25) is 10.1 Å². The summed E-state index contributed by atoms with van der Waals surface area (Å²) in [6, 6.07) is 0. The number of nitrogens with two attached hydrogens (primary N) is 1. The predicted octanol–water partition coefficient (Wildman–Crippen LogP) is 2.35. The second kappa shape index (κ2) is 4.78. The molecule has 0 radical (unpaired) electrons. The van der Waals surface area contributed by atoms with E-state index in [1.54, 1.807) is 7.05 Å². The maximum atomic E-state index is 12.1. The molecule has 0 saturated heterocycles. The summed E-state index contributed by atoms with van der Waals surface area (Å²) in [6.45, 7) is 0. The van der Waals surface area contributed by atoms with Crippen LogP contribution in [0.5, 0.6) is 0 Å². The van der Waals surface area contributed by atoms with Crippen molar-refractivity contribution in [3.05, 3.63) is 16.0 Å². The molecule has 0 unspecified atom stereocenters. The van der Waals surface area contributed by atoms with Gasteiger partial charge in [0.05, 0.1) is 5.69 Å². The number of nitrogen functional groups attached to an aromatic ring is 1. The number of nitrogens with one attached hydrogen (secondary N) is 2. The molecule has 0 spiro atoms. The van der Waals surface area contributed by atoms with Gasteiger partial charge in [0.2, 0.25) is 0 Å². The first-order valence-corrected chi connectivity index (χ1v) is 7.58. The van der Waals surface area contributed by atoms with Crippen LogP contribution in [0, 0.1) is 0 Å². The molecule has 1 saturated carbocycles. The maximum Gasteiger partial charge on any atom is 0.271 e. The average Bonchev–Trinajstić information content (AvgIpc) is 3.02. The number of carbonyl (C=O) groups is 1. The monoisotopic (exact) mass is 295 g/mol. The van der Waals surface area contributed by atoms with Crippen molar-refractivity contribution in [3.63, 3.8) is 0 Å². The van der Waals surface area contributed by atoms with Crippen LogP contribution >= 0.6 is 22.7 Å². The smallest absolute Gasteiger partial charge is 0.271 e. The van der Waals surface area contributed by atoms with Crippen LogP contribution in [0.3, 0.4) is 0 Å². The van der Waals surface area contributed by atoms with E-state index in [1.165, 1.54) is 35.5 Å². The molecule has 2 heterocycles. The van der Waals surface area contributed by atoms with E-state index in [0.717, 1.165) is 5.69 Å². The van der Waals surface area contributed by atoms with Crippen LogP contribution in [0.1, 0.15) is 34.1 Å². The highest BCUT2D eigenvalue weighted by atomic mass is 32.1. The number of amides is 1. The summed E-state index contributed by atoms with van der Waals surface area (Å²) in [5.74, 6) is 0.574. The molecule has 0 aliphatic heterocycles. The summed E-state index contributed by atoms with van der Waals surface area (Å²) in [6.07, 6.45) is 2.40. The molecule has 0 atom stereocenters. The quantitative estimate of drug-likeness (QED) is 0.805. The van der Waals surface area contributed by atoms with Crippen LogP contribution in [0.25, 0.3) is 0 Å². The van der Waals surface area contributed by atoms with Gasteiger partial charge in [-0.25, -0.2) is 9.97 Å². The molecule has 8 heteroatoms. The molecule has 0 bridgehead atoms. The minimum absolute atomic E-state index is 0.242. The zero-order valence-corrected chi connectivity index (χ0v) is 11.9. The molecule has 1 aliphatic carbocycles. The van der Waals surface area contributed by atoms with Crippen molar-refractivity contribution in [1.82, 2.24) is 9.97 Å². The number of anilines is 3. The second-order valence-corrected chi connectivity index (χ2v) is 6.15. The van der Waals surface area contributed by atoms with E-state index in [-0.39, 0.29) is 11.7 Å². The fourth-order valence-electron chi connectivity index (χ4n) is 1.67. The molecule has 2 aromatic rings. The lowest BCUT2D eigenvalue weighted by atomic mass is 10.3. The average molecular weight is 295 g/mol. The Hall–Kier alpha value is -1.67. The Morgan fingerprint density at radius 2 is 2.21 bits per heavy atom. The van der Waals surface area contributed by atoms with E-state index in [9.17, 15) is 4.79 Å². The van der Waals surface area contributed by atoms with Crippen molar-refractivity contribution in [2.75, 3.05) is 23.4 Å². The molecular weight excluding hydrogens is 282 g/mol. The van der Waals surface area contributed by atoms with Crippen molar-refractivity contribution in [1.29, 1.82) is 0 Å². The van der Waals surface area contributed by atoms with Crippen molar-refractivity contribution in [2.45, 2.75) is 18.8 Å². The molecule has 100 valence electrons. The lowest BCUT2D eigenvalue weighted by Crippen LogP contribution is -2.12. The Labute approximate surface area is 118 Å². The zero-order valence-electron chi connectivity index (χ0n) is 10.3. The Morgan fingerprint density at radius 1 is 1.42 bits per heavy atom. The summed E-state index contributed by atoms with van der Waals surface area (Å²) in [5, 5.41) is 8.88. The molecule has 6 nitrogen and oxygen atoms in total. The van der Waals surface area contributed by atoms with E-state index in [4.69, 9.17) is 5.73 Å². The number of nitrogens with zero attached hydrogens (tertiary/aromatic N) is 2. The standard InChI is InChI=1S/C11H13N5OS2/c1-13-10-15-8(12)7(19-10)9(17)16-11-14-6(4-18-11)5-2-3-5/h4-5H,2-3,12H2,1H3,(H,13,15)(H,14,16,17). The van der Waals surface area contributed by atoms with E-state index in [1.807, 2.05) is 5.38 Å². The van der Waals surface area contributed by atoms with Gasteiger partial charge in [0.15, 0.2) is 10.3 Å². The van der Waals surface area contributed by atoms with Gasteiger partial charge in [-0.15, -0.1) is 11.3 Å². The van der Waals surface area contributed by atoms with Gasteiger partial charge in [0.1, 0.15) is 10.7 Å². The van der Waals surface area contributed by atoms with Crippen LogP contribution in [0.4, 0.5) is 16.1 Å². The van der Waals surface area contributed by atoms with Crippen molar-refractivity contribution in [2.24, 2.45) is 0 Å². The molecule has 19 heavy (non-hydrogen) atoms. The minimum Gasteiger partial charge on any atom is -0.382 e. The zero-order chi connectivity index (χ0) is 13.4. The highest BCUT2D eigenvalue weighted by Crippen LogP contribution is 2.41. The van der Waals surface area contributed by atoms with E-state index in [2.05, 4.69) is 20.6 Å². The van der Waals surface area contributed by atoms with Gasteiger partial charge in [-0.05, 0) is 12.8 Å². The number of rotatable bonds is 4. The van der Waals surface area contributed by atoms with Gasteiger partial charge in [0, 0.05) is 18.3 Å². The molecule has 1 fully saturated rings. The largest absolute Gasteiger partial charge is 0.382 e. The Balaban J connectivity index is 1.73. The number of hydrogen-bond donors (Lipinski definition) is 3. The second-order valence-electron chi connectivity index (χ2n) is 4.29. The van der Waals surface area contributed by atoms with Gasteiger partial charge in [-0.1, -0.05) is 11.3 Å². The molecule has 0 aromatic carbocycles. The molecule has 2 aromatic heterocycles. The first kappa shape index (κ1) is 12.4. The fourth-order valence-corrected chi connectivity index (χ4v) is 3.19. The third kappa shape index (κ3) is 2.54. The number of thiazole rings is 2. The third-order valence-corrected chi connectivity index (χ3v) is 4.67. The highest BCUT2D eigenvalue weighted by Gasteiger charge is 2.26. The van der Waals surface area contributed by atoms with Gasteiger partial charge in [0.25, 0.3) is 5.91 Å². The Bertz CT molecular complexity index is 616. The van der Waals surface area contributed by atoms with Crippen molar-refractivity contribution in [3.8, 4) is 0 Å². The SMILES string of the molecule is CNc1nc(N)c(C(=O)Nc2nc(C3CC3)cs2)s1. The lowest BCUT2D eigenvalue weighted by molar-refractivity contribution is 0.103. The highest BCUT2D eigenvalue weighted by molar-refractivity contribution is 7.18. The van der Waals surface area contributed by atoms with Gasteiger partial charge >= 0.3 is 0 Å². The summed E-state index contributed by atoms with van der Waals surface area (Å²) >= 11 is 2.67. The van der Waals surface area contributed by atoms with Crippen LogP contribution in [-0.2, 0) is 0 Å². The minimum atomic E-state index is -0.256. The molecular formula is C11H13N5OS2. The Morgan fingerprint density at radius 3 is 2.84 bits per heavy atom. The summed E-state index contributed by atoms with van der Waals surface area (Å²) in [7, 11) is 1.74. The molecule has 1 amide bonds. The van der Waals surface area contributed by atoms with Crippen LogP contribution in [0.15, 0.2) is 5.38 Å². The molecule has 1 aliphatic rings. The topological polar surface area (TPSA) is 92.9 Å². The summed E-state index contributed by atoms with van der Waals surface area (Å²) in [5.41, 5.74) is 6.79. The number of hydrogen-bond acceptors (Lipinski definition) is 7. The molecule has 4 N–H and O–H groups in total. The van der Waals surface area contributed by atoms with Crippen LogP contribution < -0.4 is 16.4 Å². The first-order valence-electron chi connectivity index (χ1n) is 5.88.